The highest BCUT2D eigenvalue weighted by atomic mass is 14.4. The number of fused-ring (bicyclic) bond motifs is 1. The summed E-state index contributed by atoms with van der Waals surface area (Å²) in [5, 5.41) is 0. The molecule has 0 aromatic heterocycles. The zero-order chi connectivity index (χ0) is 16.1. The Kier molecular flexibility index (Phi) is 6.90. The van der Waals surface area contributed by atoms with Crippen LogP contribution in [0.1, 0.15) is 110 Å². The van der Waals surface area contributed by atoms with Crippen LogP contribution in [0.3, 0.4) is 0 Å². The summed E-state index contributed by atoms with van der Waals surface area (Å²) in [4.78, 5) is 0. The molecule has 4 unspecified atom stereocenters. The average Bonchev–Trinajstić information content (AvgIpc) is 2.99. The number of hydrogen-bond donors (Lipinski definition) is 0. The molecule has 4 saturated carbocycles. The molecule has 4 atom stereocenters. The van der Waals surface area contributed by atoms with Crippen molar-refractivity contribution in [3.63, 3.8) is 0 Å². The van der Waals surface area contributed by atoms with Crippen LogP contribution in [0.5, 0.6) is 0 Å². The molecule has 23 heavy (non-hydrogen) atoms. The van der Waals surface area contributed by atoms with Gasteiger partial charge in [-0.05, 0) is 48.3 Å². The summed E-state index contributed by atoms with van der Waals surface area (Å²) in [6, 6.07) is 0. The fraction of sp³-hybridized carbons (Fsp3) is 1.00. The third-order valence-corrected chi connectivity index (χ3v) is 7.92. The molecule has 0 amide bonds. The van der Waals surface area contributed by atoms with Gasteiger partial charge in [-0.15, -0.1) is 0 Å². The molecule has 0 saturated heterocycles. The Morgan fingerprint density at radius 3 is 1.52 bits per heavy atom. The molecule has 4 fully saturated rings. The fourth-order valence-corrected chi connectivity index (χ4v) is 6.60. The third kappa shape index (κ3) is 4.99. The molecule has 0 spiro atoms. The van der Waals surface area contributed by atoms with Gasteiger partial charge < -0.3 is 0 Å². The van der Waals surface area contributed by atoms with Crippen molar-refractivity contribution in [2.45, 2.75) is 110 Å². The minimum absolute atomic E-state index is 1.03. The minimum Gasteiger partial charge on any atom is -0.0625 e. The van der Waals surface area contributed by atoms with Crippen LogP contribution in [0.2, 0.25) is 0 Å². The van der Waals surface area contributed by atoms with Gasteiger partial charge in [-0.3, -0.25) is 0 Å². The number of hydrogen-bond acceptors (Lipinski definition) is 0. The van der Waals surface area contributed by atoms with Gasteiger partial charge in [0.25, 0.3) is 0 Å². The molecule has 0 N–H and O–H groups in total. The Morgan fingerprint density at radius 2 is 1.00 bits per heavy atom. The lowest BCUT2D eigenvalue weighted by Crippen LogP contribution is -2.21. The Bertz CT molecular complexity index is 305. The first-order valence-electron chi connectivity index (χ1n) is 11.2. The molecular formula is C23H42. The lowest BCUT2D eigenvalue weighted by Gasteiger charge is -2.32. The molecule has 4 rings (SSSR count). The van der Waals surface area contributed by atoms with Crippen LogP contribution in [0.4, 0.5) is 0 Å². The molecule has 0 heterocycles. The summed E-state index contributed by atoms with van der Waals surface area (Å²) in [6.07, 6.45) is 23.0. The van der Waals surface area contributed by atoms with Gasteiger partial charge in [0, 0.05) is 0 Å². The summed E-state index contributed by atoms with van der Waals surface area (Å²) in [7, 11) is 0. The van der Waals surface area contributed by atoms with Crippen molar-refractivity contribution < 1.29 is 0 Å². The summed E-state index contributed by atoms with van der Waals surface area (Å²) < 4.78 is 0. The van der Waals surface area contributed by atoms with E-state index in [0.717, 1.165) is 35.5 Å². The van der Waals surface area contributed by atoms with Crippen molar-refractivity contribution in [1.82, 2.24) is 0 Å². The zero-order valence-corrected chi connectivity index (χ0v) is 16.1. The van der Waals surface area contributed by atoms with Crippen LogP contribution < -0.4 is 0 Å². The second-order valence-corrected chi connectivity index (χ2v) is 9.70. The Balaban J connectivity index is 0.000000136. The van der Waals surface area contributed by atoms with Crippen molar-refractivity contribution in [2.75, 3.05) is 0 Å². The summed E-state index contributed by atoms with van der Waals surface area (Å²) in [5.41, 5.74) is 0. The van der Waals surface area contributed by atoms with Gasteiger partial charge in [-0.25, -0.2) is 0 Å². The Hall–Kier alpha value is 0. The van der Waals surface area contributed by atoms with Gasteiger partial charge >= 0.3 is 0 Å². The van der Waals surface area contributed by atoms with Crippen molar-refractivity contribution in [3.05, 3.63) is 0 Å². The van der Waals surface area contributed by atoms with E-state index in [1.54, 1.807) is 32.1 Å². The molecule has 0 aromatic carbocycles. The van der Waals surface area contributed by atoms with Crippen LogP contribution in [0.25, 0.3) is 0 Å². The topological polar surface area (TPSA) is 0 Å². The molecule has 0 bridgehead atoms. The Labute approximate surface area is 146 Å². The normalized spacial score (nSPS) is 39.4. The van der Waals surface area contributed by atoms with Gasteiger partial charge in [-0.1, -0.05) is 97.3 Å². The first-order valence-corrected chi connectivity index (χ1v) is 11.2. The molecule has 4 aliphatic carbocycles. The van der Waals surface area contributed by atoms with E-state index in [-0.39, 0.29) is 0 Å². The monoisotopic (exact) mass is 318 g/mol. The van der Waals surface area contributed by atoms with Gasteiger partial charge in [0.15, 0.2) is 0 Å². The molecule has 0 aliphatic heterocycles. The largest absolute Gasteiger partial charge is 0.0625 e. The maximum atomic E-state index is 2.47. The van der Waals surface area contributed by atoms with E-state index < -0.39 is 0 Å². The SMILES string of the molecule is C1CCC(C2CCCCC2)CC1.CC1CC2CCCC(C)C2C1. The molecule has 0 aromatic rings. The van der Waals surface area contributed by atoms with Crippen molar-refractivity contribution >= 4 is 0 Å². The van der Waals surface area contributed by atoms with Crippen LogP contribution in [-0.4, -0.2) is 0 Å². The standard InChI is InChI=1S/C12H22.C11H20/c1-3-7-11(8-4-1)12-9-5-2-6-10-12;1-8-6-10-5-3-4-9(2)11(10)7-8/h11-12H,1-10H2;8-11H,3-7H2,1-2H3. The smallest absolute Gasteiger partial charge is 0.0357 e. The summed E-state index contributed by atoms with van der Waals surface area (Å²) in [6.45, 7) is 4.90. The highest BCUT2D eigenvalue weighted by Crippen LogP contribution is 2.47. The second kappa shape index (κ2) is 8.91. The maximum absolute atomic E-state index is 2.47. The summed E-state index contributed by atoms with van der Waals surface area (Å²) in [5.74, 6) is 6.58. The quantitative estimate of drug-likeness (QED) is 0.466. The van der Waals surface area contributed by atoms with Crippen LogP contribution in [0, 0.1) is 35.5 Å². The van der Waals surface area contributed by atoms with E-state index in [1.807, 2.05) is 0 Å². The van der Waals surface area contributed by atoms with Crippen molar-refractivity contribution in [3.8, 4) is 0 Å². The first kappa shape index (κ1) is 17.8. The predicted molar refractivity (Wildman–Crippen MR) is 102 cm³/mol. The van der Waals surface area contributed by atoms with Crippen molar-refractivity contribution in [1.29, 1.82) is 0 Å². The summed E-state index contributed by atoms with van der Waals surface area (Å²) >= 11 is 0. The predicted octanol–water partition coefficient (Wildman–Crippen LogP) is 7.62. The highest BCUT2D eigenvalue weighted by Gasteiger charge is 2.37. The molecule has 134 valence electrons. The number of rotatable bonds is 1. The third-order valence-electron chi connectivity index (χ3n) is 7.92. The fourth-order valence-electron chi connectivity index (χ4n) is 6.60. The average molecular weight is 319 g/mol. The van der Waals surface area contributed by atoms with Gasteiger partial charge in [-0.2, -0.15) is 0 Å². The molecule has 0 heteroatoms. The van der Waals surface area contributed by atoms with E-state index in [1.165, 1.54) is 64.2 Å². The second-order valence-electron chi connectivity index (χ2n) is 9.70. The Morgan fingerprint density at radius 1 is 0.478 bits per heavy atom. The molecule has 4 aliphatic rings. The lowest BCUT2D eigenvalue weighted by molar-refractivity contribution is 0.196. The molecule has 0 nitrogen and oxygen atoms in total. The highest BCUT2D eigenvalue weighted by molar-refractivity contribution is 4.87. The van der Waals surface area contributed by atoms with E-state index in [2.05, 4.69) is 13.8 Å². The molecule has 0 radical (unpaired) electrons. The van der Waals surface area contributed by atoms with E-state index in [4.69, 9.17) is 0 Å². The van der Waals surface area contributed by atoms with Gasteiger partial charge in [0.1, 0.15) is 0 Å². The zero-order valence-electron chi connectivity index (χ0n) is 16.1. The van der Waals surface area contributed by atoms with E-state index >= 15 is 0 Å². The lowest BCUT2D eigenvalue weighted by atomic mass is 9.73. The van der Waals surface area contributed by atoms with Gasteiger partial charge in [0.05, 0.1) is 0 Å². The van der Waals surface area contributed by atoms with Crippen LogP contribution in [0.15, 0.2) is 0 Å². The first-order chi connectivity index (χ1) is 11.2. The van der Waals surface area contributed by atoms with Crippen LogP contribution >= 0.6 is 0 Å². The van der Waals surface area contributed by atoms with E-state index in [0.29, 0.717) is 0 Å². The molecular weight excluding hydrogens is 276 g/mol. The van der Waals surface area contributed by atoms with Gasteiger partial charge in [0.2, 0.25) is 0 Å². The minimum atomic E-state index is 1.03. The van der Waals surface area contributed by atoms with Crippen LogP contribution in [-0.2, 0) is 0 Å². The van der Waals surface area contributed by atoms with Crippen molar-refractivity contribution in [2.24, 2.45) is 35.5 Å². The maximum Gasteiger partial charge on any atom is -0.0357 e. The van der Waals surface area contributed by atoms with E-state index in [9.17, 15) is 0 Å².